The van der Waals surface area contributed by atoms with Crippen molar-refractivity contribution in [3.05, 3.63) is 63.1 Å². The van der Waals surface area contributed by atoms with Crippen molar-refractivity contribution in [3.63, 3.8) is 0 Å². The molecule has 1 fully saturated rings. The Morgan fingerprint density at radius 3 is 2.41 bits per heavy atom. The summed E-state index contributed by atoms with van der Waals surface area (Å²) in [5.41, 5.74) is 1.08. The van der Waals surface area contributed by atoms with Crippen molar-refractivity contribution in [2.75, 3.05) is 31.2 Å². The lowest BCUT2D eigenvalue weighted by Gasteiger charge is -2.28. The van der Waals surface area contributed by atoms with E-state index in [4.69, 9.17) is 4.74 Å². The van der Waals surface area contributed by atoms with E-state index in [2.05, 4.69) is 0 Å². The van der Waals surface area contributed by atoms with Gasteiger partial charge in [-0.15, -0.1) is 0 Å². The smallest absolute Gasteiger partial charge is 0.278 e. The fraction of sp³-hybridized carbons (Fsp3) is 0.267. The third kappa shape index (κ3) is 2.71. The number of benzene rings is 1. The highest BCUT2D eigenvalue weighted by atomic mass is 16.6. The van der Waals surface area contributed by atoms with Crippen LogP contribution in [0.5, 0.6) is 0 Å². The van der Waals surface area contributed by atoms with Crippen molar-refractivity contribution in [2.24, 2.45) is 0 Å². The highest BCUT2D eigenvalue weighted by molar-refractivity contribution is 5.48. The van der Waals surface area contributed by atoms with Gasteiger partial charge in [0.2, 0.25) is 0 Å². The molecule has 2 heterocycles. The van der Waals surface area contributed by atoms with Gasteiger partial charge in [-0.2, -0.15) is 0 Å². The number of non-ortho nitro benzene ring substituents is 1. The summed E-state index contributed by atoms with van der Waals surface area (Å²) in [5, 5.41) is 10.7. The summed E-state index contributed by atoms with van der Waals surface area (Å²) in [6.45, 7) is 2.57. The predicted molar refractivity (Wildman–Crippen MR) is 81.7 cm³/mol. The van der Waals surface area contributed by atoms with Crippen molar-refractivity contribution in [1.29, 1.82) is 0 Å². The molecule has 1 saturated heterocycles. The van der Waals surface area contributed by atoms with Gasteiger partial charge in [0.15, 0.2) is 0 Å². The maximum Gasteiger partial charge on any atom is 0.278 e. The van der Waals surface area contributed by atoms with E-state index < -0.39 is 4.92 Å². The molecule has 1 aliphatic rings. The van der Waals surface area contributed by atoms with Crippen LogP contribution in [0.4, 0.5) is 11.4 Å². The summed E-state index contributed by atoms with van der Waals surface area (Å²) in [4.78, 5) is 24.9. The Kier molecular flexibility index (Phi) is 3.88. The maximum atomic E-state index is 12.6. The summed E-state index contributed by atoms with van der Waals surface area (Å²) in [7, 11) is 0. The molecule has 0 amide bonds. The largest absolute Gasteiger partial charge is 0.378 e. The fourth-order valence-corrected chi connectivity index (χ4v) is 2.47. The second-order valence-electron chi connectivity index (χ2n) is 4.94. The van der Waals surface area contributed by atoms with E-state index in [9.17, 15) is 14.9 Å². The molecular weight excluding hydrogens is 286 g/mol. The van der Waals surface area contributed by atoms with Gasteiger partial charge in [0.25, 0.3) is 11.2 Å². The number of rotatable bonds is 3. The number of ether oxygens (including phenoxy) is 1. The van der Waals surface area contributed by atoms with Gasteiger partial charge in [-0.25, -0.2) is 0 Å². The van der Waals surface area contributed by atoms with Gasteiger partial charge in [0, 0.05) is 37.1 Å². The molecule has 2 aromatic rings. The Morgan fingerprint density at radius 2 is 1.77 bits per heavy atom. The van der Waals surface area contributed by atoms with Crippen molar-refractivity contribution >= 4 is 11.4 Å². The number of anilines is 1. The molecule has 3 rings (SSSR count). The summed E-state index contributed by atoms with van der Waals surface area (Å²) < 4.78 is 6.79. The maximum absolute atomic E-state index is 12.6. The molecule has 0 unspecified atom stereocenters. The minimum atomic E-state index is -0.462. The molecule has 0 radical (unpaired) electrons. The zero-order chi connectivity index (χ0) is 15.5. The monoisotopic (exact) mass is 301 g/mol. The van der Waals surface area contributed by atoms with Crippen LogP contribution >= 0.6 is 0 Å². The lowest BCUT2D eigenvalue weighted by molar-refractivity contribution is -0.384. The zero-order valence-electron chi connectivity index (χ0n) is 11.8. The number of nitro groups is 1. The number of hydrogen-bond acceptors (Lipinski definition) is 5. The van der Waals surface area contributed by atoms with Crippen molar-refractivity contribution in [2.45, 2.75) is 0 Å². The second-order valence-corrected chi connectivity index (χ2v) is 4.94. The van der Waals surface area contributed by atoms with Crippen LogP contribution in [0, 0.1) is 10.1 Å². The fourth-order valence-electron chi connectivity index (χ4n) is 2.47. The molecule has 0 saturated carbocycles. The average molecular weight is 301 g/mol. The Bertz CT molecular complexity index is 733. The van der Waals surface area contributed by atoms with E-state index in [1.807, 2.05) is 4.90 Å². The zero-order valence-corrected chi connectivity index (χ0v) is 11.8. The van der Waals surface area contributed by atoms with Crippen LogP contribution in [0.25, 0.3) is 5.69 Å². The first-order valence-electron chi connectivity index (χ1n) is 6.96. The molecule has 7 heteroatoms. The van der Waals surface area contributed by atoms with Crippen molar-refractivity contribution in [1.82, 2.24) is 4.57 Å². The van der Waals surface area contributed by atoms with Gasteiger partial charge in [-0.05, 0) is 24.3 Å². The number of hydrogen-bond donors (Lipinski definition) is 0. The third-order valence-electron chi connectivity index (χ3n) is 3.62. The molecular formula is C15H15N3O4. The van der Waals surface area contributed by atoms with Crippen LogP contribution in [-0.2, 0) is 4.74 Å². The van der Waals surface area contributed by atoms with E-state index in [0.29, 0.717) is 37.7 Å². The topological polar surface area (TPSA) is 77.6 Å². The molecule has 1 aromatic carbocycles. The Morgan fingerprint density at radius 1 is 1.09 bits per heavy atom. The van der Waals surface area contributed by atoms with Crippen LogP contribution in [0.1, 0.15) is 0 Å². The number of nitrogens with zero attached hydrogens (tertiary/aromatic N) is 3. The van der Waals surface area contributed by atoms with Gasteiger partial charge in [-0.3, -0.25) is 19.5 Å². The molecule has 114 valence electrons. The van der Waals surface area contributed by atoms with Gasteiger partial charge in [-0.1, -0.05) is 0 Å². The standard InChI is InChI=1S/C15H15N3O4/c19-15-14(16-8-10-22-11-9-16)2-1-7-17(15)12-3-5-13(6-4-12)18(20)21/h1-7H,8-11H2. The van der Waals surface area contributed by atoms with Gasteiger partial charge in [0.05, 0.1) is 18.1 Å². The molecule has 0 atom stereocenters. The Labute approximate surface area is 126 Å². The number of morpholine rings is 1. The van der Waals surface area contributed by atoms with Crippen molar-refractivity contribution in [3.8, 4) is 5.69 Å². The van der Waals surface area contributed by atoms with Crippen molar-refractivity contribution < 1.29 is 9.66 Å². The van der Waals surface area contributed by atoms with E-state index >= 15 is 0 Å². The first kappa shape index (κ1) is 14.3. The summed E-state index contributed by atoms with van der Waals surface area (Å²) >= 11 is 0. The SMILES string of the molecule is O=c1c(N2CCOCC2)cccn1-c1ccc([N+](=O)[O-])cc1. The molecule has 0 aliphatic carbocycles. The van der Waals surface area contributed by atoms with Crippen LogP contribution in [-0.4, -0.2) is 35.8 Å². The lowest BCUT2D eigenvalue weighted by atomic mass is 10.2. The van der Waals surface area contributed by atoms with Gasteiger partial charge in [0.1, 0.15) is 5.69 Å². The molecule has 0 spiro atoms. The minimum Gasteiger partial charge on any atom is -0.378 e. The molecule has 1 aromatic heterocycles. The molecule has 0 bridgehead atoms. The lowest BCUT2D eigenvalue weighted by Crippen LogP contribution is -2.40. The first-order valence-corrected chi connectivity index (χ1v) is 6.96. The quantitative estimate of drug-likeness (QED) is 0.635. The van der Waals surface area contributed by atoms with Crippen LogP contribution in [0.15, 0.2) is 47.4 Å². The van der Waals surface area contributed by atoms with E-state index in [0.717, 1.165) is 0 Å². The summed E-state index contributed by atoms with van der Waals surface area (Å²) in [5.74, 6) is 0. The first-order chi connectivity index (χ1) is 10.7. The van der Waals surface area contributed by atoms with Gasteiger partial charge >= 0.3 is 0 Å². The average Bonchev–Trinajstić information content (AvgIpc) is 2.56. The van der Waals surface area contributed by atoms with Crippen LogP contribution < -0.4 is 10.5 Å². The van der Waals surface area contributed by atoms with E-state index in [1.165, 1.54) is 16.7 Å². The molecule has 1 aliphatic heterocycles. The number of aromatic nitrogens is 1. The van der Waals surface area contributed by atoms with Crippen LogP contribution in [0.3, 0.4) is 0 Å². The minimum absolute atomic E-state index is 0.00105. The normalized spacial score (nSPS) is 14.8. The van der Waals surface area contributed by atoms with Crippen LogP contribution in [0.2, 0.25) is 0 Å². The number of nitro benzene ring substituents is 1. The van der Waals surface area contributed by atoms with E-state index in [-0.39, 0.29) is 11.2 Å². The Hall–Kier alpha value is -2.67. The number of pyridine rings is 1. The highest BCUT2D eigenvalue weighted by Gasteiger charge is 2.16. The molecule has 7 nitrogen and oxygen atoms in total. The van der Waals surface area contributed by atoms with Gasteiger partial charge < -0.3 is 9.64 Å². The summed E-state index contributed by atoms with van der Waals surface area (Å²) in [6, 6.07) is 9.51. The Balaban J connectivity index is 1.97. The highest BCUT2D eigenvalue weighted by Crippen LogP contribution is 2.16. The third-order valence-corrected chi connectivity index (χ3v) is 3.62. The van der Waals surface area contributed by atoms with E-state index in [1.54, 1.807) is 30.5 Å². The predicted octanol–water partition coefficient (Wildman–Crippen LogP) is 1.58. The molecule has 22 heavy (non-hydrogen) atoms. The molecule has 0 N–H and O–H groups in total. The summed E-state index contributed by atoms with van der Waals surface area (Å²) in [6.07, 6.45) is 1.66. The second kappa shape index (κ2) is 5.98.